The van der Waals surface area contributed by atoms with E-state index in [1.165, 1.54) is 11.8 Å². The zero-order valence-electron chi connectivity index (χ0n) is 20.4. The summed E-state index contributed by atoms with van der Waals surface area (Å²) in [4.78, 5) is 19.1. The van der Waals surface area contributed by atoms with Crippen LogP contribution in [0.2, 0.25) is 5.02 Å². The van der Waals surface area contributed by atoms with Crippen molar-refractivity contribution in [3.8, 4) is 0 Å². The maximum absolute atomic E-state index is 10.1. The van der Waals surface area contributed by atoms with Crippen LogP contribution in [-0.4, -0.2) is 70.7 Å². The zero-order chi connectivity index (χ0) is 24.6. The molecule has 2 aromatic rings. The van der Waals surface area contributed by atoms with Crippen molar-refractivity contribution in [1.29, 1.82) is 0 Å². The molecule has 3 saturated heterocycles. The number of aliphatic hydroxyl groups excluding tert-OH is 2. The Bertz CT molecular complexity index is 1050. The van der Waals surface area contributed by atoms with Crippen LogP contribution in [0.3, 0.4) is 0 Å². The number of halogens is 1. The Morgan fingerprint density at radius 3 is 2.57 bits per heavy atom. The van der Waals surface area contributed by atoms with Crippen LogP contribution < -0.4 is 9.80 Å². The number of piperidine rings is 1. The molecule has 3 aliphatic heterocycles. The number of pyridine rings is 1. The van der Waals surface area contributed by atoms with E-state index in [0.717, 1.165) is 75.0 Å². The molecule has 8 nitrogen and oxygen atoms in total. The van der Waals surface area contributed by atoms with Gasteiger partial charge in [0.05, 0.1) is 37.1 Å². The number of hydrogen-bond donors (Lipinski definition) is 2. The first-order valence-corrected chi connectivity index (χ1v) is 13.6. The Morgan fingerprint density at radius 2 is 1.94 bits per heavy atom. The van der Waals surface area contributed by atoms with Crippen LogP contribution in [0.4, 0.5) is 11.6 Å². The fourth-order valence-electron chi connectivity index (χ4n) is 5.59. The Hall–Kier alpha value is -1.65. The second-order valence-corrected chi connectivity index (χ2v) is 11.8. The highest BCUT2D eigenvalue weighted by molar-refractivity contribution is 7.99. The minimum atomic E-state index is -0.165. The summed E-state index contributed by atoms with van der Waals surface area (Å²) >= 11 is 8.16. The average molecular weight is 520 g/mol. The molecule has 0 amide bonds. The summed E-state index contributed by atoms with van der Waals surface area (Å²) in [6.07, 6.45) is 8.04. The van der Waals surface area contributed by atoms with Crippen LogP contribution in [-0.2, 0) is 11.3 Å². The van der Waals surface area contributed by atoms with E-state index in [4.69, 9.17) is 26.3 Å². The maximum Gasteiger partial charge on any atom is 0.152 e. The number of aromatic nitrogens is 3. The minimum Gasteiger partial charge on any atom is -0.396 e. The van der Waals surface area contributed by atoms with E-state index in [2.05, 4.69) is 28.6 Å². The molecule has 1 atom stereocenters. The first kappa shape index (κ1) is 25.0. The molecule has 35 heavy (non-hydrogen) atoms. The summed E-state index contributed by atoms with van der Waals surface area (Å²) in [5, 5.41) is 21.0. The van der Waals surface area contributed by atoms with E-state index in [-0.39, 0.29) is 18.6 Å². The third-order valence-corrected chi connectivity index (χ3v) is 9.41. The van der Waals surface area contributed by atoms with Gasteiger partial charge in [0.25, 0.3) is 0 Å². The van der Waals surface area contributed by atoms with Gasteiger partial charge in [-0.1, -0.05) is 30.3 Å². The van der Waals surface area contributed by atoms with Gasteiger partial charge in [-0.2, -0.15) is 0 Å². The Balaban J connectivity index is 1.28. The molecule has 3 fully saturated rings. The first-order chi connectivity index (χ1) is 16.9. The molecule has 3 aliphatic rings. The summed E-state index contributed by atoms with van der Waals surface area (Å²) in [5.74, 6) is 1.49. The molecule has 1 spiro atoms. The van der Waals surface area contributed by atoms with E-state index >= 15 is 0 Å². The maximum atomic E-state index is 10.1. The fraction of sp³-hybridized carbons (Fsp3) is 0.640. The molecule has 0 radical (unpaired) electrons. The predicted molar refractivity (Wildman–Crippen MR) is 137 cm³/mol. The van der Waals surface area contributed by atoms with E-state index in [0.29, 0.717) is 27.3 Å². The summed E-state index contributed by atoms with van der Waals surface area (Å²) in [6, 6.07) is 1.87. The standard InChI is InChI=1S/C25H34ClN5O3S/c1-3-24(15-33)13-31(14-24)23-21(26)19(4-7-27-23)35-20-11-28-22(18(12-32)29-20)30-8-5-25(6-9-30)10-17(2)34-16-25/h4,7,11,17,32-33H,3,5-6,8-10,12-16H2,1-2H3/t17-/m0/s1. The van der Waals surface area contributed by atoms with Gasteiger partial charge in [-0.25, -0.2) is 15.0 Å². The summed E-state index contributed by atoms with van der Waals surface area (Å²) in [5.41, 5.74) is 0.812. The second kappa shape index (κ2) is 10.0. The molecule has 0 aromatic carbocycles. The van der Waals surface area contributed by atoms with Crippen LogP contribution in [0, 0.1) is 10.8 Å². The number of anilines is 2. The monoisotopic (exact) mass is 519 g/mol. The van der Waals surface area contributed by atoms with Crippen LogP contribution >= 0.6 is 23.4 Å². The molecule has 0 unspecified atom stereocenters. The molecule has 190 valence electrons. The van der Waals surface area contributed by atoms with Crippen LogP contribution in [0.25, 0.3) is 0 Å². The van der Waals surface area contributed by atoms with Crippen molar-refractivity contribution < 1.29 is 14.9 Å². The smallest absolute Gasteiger partial charge is 0.152 e. The van der Waals surface area contributed by atoms with Gasteiger partial charge in [0.2, 0.25) is 0 Å². The lowest BCUT2D eigenvalue weighted by Crippen LogP contribution is -2.58. The number of rotatable bonds is 7. The van der Waals surface area contributed by atoms with Crippen LogP contribution in [0.1, 0.15) is 45.2 Å². The topological polar surface area (TPSA) is 94.8 Å². The molecule has 5 heterocycles. The molecular formula is C25H34ClN5O3S. The van der Waals surface area contributed by atoms with E-state index in [1.54, 1.807) is 12.4 Å². The highest BCUT2D eigenvalue weighted by atomic mass is 35.5. The van der Waals surface area contributed by atoms with Gasteiger partial charge < -0.3 is 24.7 Å². The molecular weight excluding hydrogens is 486 g/mol. The van der Waals surface area contributed by atoms with Gasteiger partial charge in [-0.3, -0.25) is 0 Å². The largest absolute Gasteiger partial charge is 0.396 e. The van der Waals surface area contributed by atoms with Crippen LogP contribution in [0.15, 0.2) is 28.4 Å². The third-order valence-electron chi connectivity index (χ3n) is 7.96. The minimum absolute atomic E-state index is 0.0668. The highest BCUT2D eigenvalue weighted by Gasteiger charge is 2.43. The molecule has 2 aromatic heterocycles. The zero-order valence-corrected chi connectivity index (χ0v) is 22.0. The summed E-state index contributed by atoms with van der Waals surface area (Å²) in [6.45, 7) is 8.38. The Kier molecular flexibility index (Phi) is 7.16. The van der Waals surface area contributed by atoms with Gasteiger partial charge in [0.1, 0.15) is 16.5 Å². The van der Waals surface area contributed by atoms with Gasteiger partial charge in [0.15, 0.2) is 5.82 Å². The van der Waals surface area contributed by atoms with Crippen molar-refractivity contribution in [3.05, 3.63) is 29.2 Å². The number of hydrogen-bond acceptors (Lipinski definition) is 9. The lowest BCUT2D eigenvalue weighted by atomic mass is 9.77. The van der Waals surface area contributed by atoms with Crippen molar-refractivity contribution in [1.82, 2.24) is 15.0 Å². The van der Waals surface area contributed by atoms with Crippen molar-refractivity contribution in [3.63, 3.8) is 0 Å². The van der Waals surface area contributed by atoms with Crippen LogP contribution in [0.5, 0.6) is 0 Å². The predicted octanol–water partition coefficient (Wildman–Crippen LogP) is 3.77. The van der Waals surface area contributed by atoms with E-state index in [9.17, 15) is 10.2 Å². The second-order valence-electron chi connectivity index (χ2n) is 10.4. The van der Waals surface area contributed by atoms with Gasteiger partial charge in [-0.05, 0) is 44.1 Å². The average Bonchev–Trinajstić information content (AvgIpc) is 3.21. The third kappa shape index (κ3) is 4.85. The molecule has 10 heteroatoms. The highest BCUT2D eigenvalue weighted by Crippen LogP contribution is 2.44. The lowest BCUT2D eigenvalue weighted by Gasteiger charge is -2.49. The quantitative estimate of drug-likeness (QED) is 0.566. The SMILES string of the molecule is CCC1(CO)CN(c2nccc(Sc3cnc(N4CCC5(CC4)CO[C@@H](C)C5)c(CO)n3)c2Cl)C1. The fourth-order valence-corrected chi connectivity index (χ4v) is 6.73. The molecule has 0 bridgehead atoms. The molecule has 0 saturated carbocycles. The van der Waals surface area contributed by atoms with Gasteiger partial charge in [0, 0.05) is 42.7 Å². The number of nitrogens with zero attached hydrogens (tertiary/aromatic N) is 5. The molecule has 2 N–H and O–H groups in total. The Labute approximate surface area is 216 Å². The molecule has 0 aliphatic carbocycles. The lowest BCUT2D eigenvalue weighted by molar-refractivity contribution is 0.0877. The van der Waals surface area contributed by atoms with Crippen molar-refractivity contribution in [2.24, 2.45) is 10.8 Å². The summed E-state index contributed by atoms with van der Waals surface area (Å²) < 4.78 is 5.85. The first-order valence-electron chi connectivity index (χ1n) is 12.4. The summed E-state index contributed by atoms with van der Waals surface area (Å²) in [7, 11) is 0. The van der Waals surface area contributed by atoms with E-state index < -0.39 is 0 Å². The van der Waals surface area contributed by atoms with Gasteiger partial charge in [-0.15, -0.1) is 0 Å². The van der Waals surface area contributed by atoms with E-state index in [1.807, 2.05) is 6.07 Å². The molecule has 5 rings (SSSR count). The van der Waals surface area contributed by atoms with Crippen molar-refractivity contribution >= 4 is 35.0 Å². The van der Waals surface area contributed by atoms with Gasteiger partial charge >= 0.3 is 0 Å². The normalized spacial score (nSPS) is 23.1. The van der Waals surface area contributed by atoms with Crippen molar-refractivity contribution in [2.45, 2.75) is 62.2 Å². The Morgan fingerprint density at radius 1 is 1.17 bits per heavy atom. The number of aliphatic hydroxyl groups is 2. The number of ether oxygens (including phenoxy) is 1. The van der Waals surface area contributed by atoms with Crippen molar-refractivity contribution in [2.75, 3.05) is 49.2 Å².